The molecule has 1 aliphatic heterocycles. The van der Waals surface area contributed by atoms with Gasteiger partial charge in [-0.1, -0.05) is 59.3 Å². The van der Waals surface area contributed by atoms with E-state index >= 15 is 0 Å². The van der Waals surface area contributed by atoms with Crippen molar-refractivity contribution in [2.24, 2.45) is 5.16 Å². The first-order valence-electron chi connectivity index (χ1n) is 9.42. The molecule has 1 atom stereocenters. The molecule has 134 valence electrons. The lowest BCUT2D eigenvalue weighted by atomic mass is 9.94. The van der Waals surface area contributed by atoms with Crippen LogP contribution in [0.15, 0.2) is 65.8 Å². The highest BCUT2D eigenvalue weighted by molar-refractivity contribution is 6.08. The van der Waals surface area contributed by atoms with Gasteiger partial charge in [0.15, 0.2) is 0 Å². The molecule has 1 unspecified atom stereocenters. The van der Waals surface area contributed by atoms with Gasteiger partial charge in [-0.25, -0.2) is 0 Å². The molecule has 1 aromatic heterocycles. The highest BCUT2D eigenvalue weighted by atomic mass is 16.7. The summed E-state index contributed by atoms with van der Waals surface area (Å²) >= 11 is 0. The Balaban J connectivity index is 1.61. The number of aromatic nitrogens is 1. The van der Waals surface area contributed by atoms with Gasteiger partial charge in [0.2, 0.25) is 6.23 Å². The van der Waals surface area contributed by atoms with Crippen molar-refractivity contribution in [3.05, 3.63) is 82.9 Å². The summed E-state index contributed by atoms with van der Waals surface area (Å²) in [4.78, 5) is 5.97. The molecule has 1 aliphatic rings. The lowest BCUT2D eigenvalue weighted by molar-refractivity contribution is 0.0386. The first-order valence-corrected chi connectivity index (χ1v) is 9.42. The predicted molar refractivity (Wildman–Crippen MR) is 111 cm³/mol. The number of oxime groups is 1. The summed E-state index contributed by atoms with van der Waals surface area (Å²) in [7, 11) is 0. The zero-order chi connectivity index (χ0) is 18.5. The van der Waals surface area contributed by atoms with Crippen LogP contribution < -0.4 is 0 Å². The second-order valence-corrected chi connectivity index (χ2v) is 7.48. The molecule has 0 amide bonds. The molecular formula is C24H22N2O. The zero-order valence-electron chi connectivity index (χ0n) is 15.9. The van der Waals surface area contributed by atoms with E-state index in [9.17, 15) is 0 Å². The van der Waals surface area contributed by atoms with Gasteiger partial charge in [-0.3, -0.25) is 0 Å². The maximum atomic E-state index is 5.97. The monoisotopic (exact) mass is 354 g/mol. The van der Waals surface area contributed by atoms with Gasteiger partial charge >= 0.3 is 0 Å². The van der Waals surface area contributed by atoms with Crippen LogP contribution in [-0.2, 0) is 4.84 Å². The van der Waals surface area contributed by atoms with Crippen LogP contribution in [0.1, 0.15) is 34.9 Å². The first kappa shape index (κ1) is 16.1. The minimum atomic E-state index is -0.120. The predicted octanol–water partition coefficient (Wildman–Crippen LogP) is 6.04. The largest absolute Gasteiger partial charge is 0.369 e. The Labute approximate surface area is 158 Å². The molecule has 0 aliphatic carbocycles. The average molecular weight is 354 g/mol. The SMILES string of the molecule is Cc1cc(C)c(C2=NOC(n3c4ccccc4c4ccccc43)C2)c(C)c1. The van der Waals surface area contributed by atoms with Gasteiger partial charge in [-0.15, -0.1) is 0 Å². The van der Waals surface area contributed by atoms with Crippen LogP contribution >= 0.6 is 0 Å². The summed E-state index contributed by atoms with van der Waals surface area (Å²) in [6.45, 7) is 6.45. The smallest absolute Gasteiger partial charge is 0.210 e. The average Bonchev–Trinajstić information content (AvgIpc) is 3.23. The quantitative estimate of drug-likeness (QED) is 0.431. The van der Waals surface area contributed by atoms with Crippen LogP contribution in [-0.4, -0.2) is 10.3 Å². The Morgan fingerprint density at radius 3 is 2.00 bits per heavy atom. The number of benzene rings is 3. The summed E-state index contributed by atoms with van der Waals surface area (Å²) in [6.07, 6.45) is 0.651. The minimum Gasteiger partial charge on any atom is -0.369 e. The summed E-state index contributed by atoms with van der Waals surface area (Å²) < 4.78 is 2.29. The number of fused-ring (bicyclic) bond motifs is 3. The Morgan fingerprint density at radius 1 is 0.852 bits per heavy atom. The van der Waals surface area contributed by atoms with Crippen LogP contribution in [0.5, 0.6) is 0 Å². The Hall–Kier alpha value is -3.07. The van der Waals surface area contributed by atoms with Crippen molar-refractivity contribution < 1.29 is 4.84 Å². The topological polar surface area (TPSA) is 26.5 Å². The maximum Gasteiger partial charge on any atom is 0.210 e. The Kier molecular flexibility index (Phi) is 3.57. The number of hydrogen-bond donors (Lipinski definition) is 0. The van der Waals surface area contributed by atoms with E-state index in [-0.39, 0.29) is 6.23 Å². The second kappa shape index (κ2) is 5.98. The Bertz CT molecular complexity index is 1140. The molecule has 0 radical (unpaired) electrons. The van der Waals surface area contributed by atoms with Crippen molar-refractivity contribution in [3.63, 3.8) is 0 Å². The van der Waals surface area contributed by atoms with Gasteiger partial charge in [-0.2, -0.15) is 0 Å². The number of aryl methyl sites for hydroxylation is 3. The third-order valence-corrected chi connectivity index (χ3v) is 5.52. The van der Waals surface area contributed by atoms with Crippen molar-refractivity contribution in [2.75, 3.05) is 0 Å². The van der Waals surface area contributed by atoms with Crippen LogP contribution in [0, 0.1) is 20.8 Å². The van der Waals surface area contributed by atoms with Crippen molar-refractivity contribution in [2.45, 2.75) is 33.4 Å². The van der Waals surface area contributed by atoms with E-state index in [1.165, 1.54) is 44.1 Å². The summed E-state index contributed by atoms with van der Waals surface area (Å²) in [5.41, 5.74) is 8.46. The van der Waals surface area contributed by atoms with Gasteiger partial charge in [0.05, 0.1) is 23.2 Å². The third kappa shape index (κ3) is 2.46. The molecule has 0 saturated heterocycles. The molecule has 0 spiro atoms. The molecule has 27 heavy (non-hydrogen) atoms. The number of rotatable bonds is 2. The summed E-state index contributed by atoms with van der Waals surface area (Å²) in [6, 6.07) is 21.5. The molecule has 4 aromatic rings. The van der Waals surface area contributed by atoms with Crippen molar-refractivity contribution in [3.8, 4) is 0 Å². The van der Waals surface area contributed by atoms with E-state index in [0.29, 0.717) is 0 Å². The number of hydrogen-bond acceptors (Lipinski definition) is 2. The van der Waals surface area contributed by atoms with E-state index in [4.69, 9.17) is 4.84 Å². The molecule has 3 aromatic carbocycles. The highest BCUT2D eigenvalue weighted by Crippen LogP contribution is 2.36. The minimum absolute atomic E-state index is 0.120. The Morgan fingerprint density at radius 2 is 1.41 bits per heavy atom. The van der Waals surface area contributed by atoms with Crippen LogP contribution in [0.25, 0.3) is 21.8 Å². The van der Waals surface area contributed by atoms with Gasteiger partial charge in [0.1, 0.15) is 0 Å². The first-order chi connectivity index (χ1) is 13.1. The van der Waals surface area contributed by atoms with Gasteiger partial charge < -0.3 is 9.40 Å². The zero-order valence-corrected chi connectivity index (χ0v) is 15.9. The fourth-order valence-corrected chi connectivity index (χ4v) is 4.55. The maximum absolute atomic E-state index is 5.97. The standard InChI is InChI=1S/C24H22N2O/c1-15-12-16(2)24(17(3)13-15)20-14-23(27-25-20)26-21-10-6-4-8-18(21)19-9-5-7-11-22(19)26/h4-13,23H,14H2,1-3H3. The molecule has 0 bridgehead atoms. The van der Waals surface area contributed by atoms with Crippen molar-refractivity contribution in [1.29, 1.82) is 0 Å². The van der Waals surface area contributed by atoms with Gasteiger partial charge in [0, 0.05) is 16.3 Å². The highest BCUT2D eigenvalue weighted by Gasteiger charge is 2.28. The fourth-order valence-electron chi connectivity index (χ4n) is 4.55. The lowest BCUT2D eigenvalue weighted by Gasteiger charge is -2.14. The normalized spacial score (nSPS) is 16.7. The molecule has 0 saturated carbocycles. The molecule has 0 fully saturated rings. The number of nitrogens with zero attached hydrogens (tertiary/aromatic N) is 2. The van der Waals surface area contributed by atoms with Crippen LogP contribution in [0.4, 0.5) is 0 Å². The second-order valence-electron chi connectivity index (χ2n) is 7.48. The molecule has 3 heteroatoms. The molecular weight excluding hydrogens is 332 g/mol. The van der Waals surface area contributed by atoms with Gasteiger partial charge in [0.25, 0.3) is 0 Å². The lowest BCUT2D eigenvalue weighted by Crippen LogP contribution is -2.11. The van der Waals surface area contributed by atoms with E-state index in [2.05, 4.69) is 91.2 Å². The van der Waals surface area contributed by atoms with E-state index in [0.717, 1.165) is 12.1 Å². The van der Waals surface area contributed by atoms with E-state index < -0.39 is 0 Å². The van der Waals surface area contributed by atoms with Crippen molar-refractivity contribution >= 4 is 27.5 Å². The van der Waals surface area contributed by atoms with Crippen LogP contribution in [0.2, 0.25) is 0 Å². The molecule has 3 nitrogen and oxygen atoms in total. The molecule has 2 heterocycles. The van der Waals surface area contributed by atoms with Gasteiger partial charge in [-0.05, 0) is 44.0 Å². The van der Waals surface area contributed by atoms with E-state index in [1.54, 1.807) is 0 Å². The fraction of sp³-hybridized carbons (Fsp3) is 0.208. The molecule has 5 rings (SSSR count). The molecule has 0 N–H and O–H groups in total. The number of para-hydroxylation sites is 2. The van der Waals surface area contributed by atoms with Crippen molar-refractivity contribution in [1.82, 2.24) is 4.57 Å². The summed E-state index contributed by atoms with van der Waals surface area (Å²) in [5, 5.41) is 7.02. The summed E-state index contributed by atoms with van der Waals surface area (Å²) in [5.74, 6) is 0. The van der Waals surface area contributed by atoms with E-state index in [1.807, 2.05) is 0 Å². The third-order valence-electron chi connectivity index (χ3n) is 5.52. The van der Waals surface area contributed by atoms with Crippen LogP contribution in [0.3, 0.4) is 0 Å².